The fourth-order valence-electron chi connectivity index (χ4n) is 1.63. The van der Waals surface area contributed by atoms with Gasteiger partial charge in [0.15, 0.2) is 10.6 Å². The zero-order chi connectivity index (χ0) is 14.4. The van der Waals surface area contributed by atoms with Crippen LogP contribution in [0.2, 0.25) is 0 Å². The van der Waals surface area contributed by atoms with Gasteiger partial charge in [-0.15, -0.1) is 0 Å². The van der Waals surface area contributed by atoms with E-state index in [9.17, 15) is 14.2 Å². The minimum Gasteiger partial charge on any atom is -0.211 e. The van der Waals surface area contributed by atoms with Crippen LogP contribution in [0, 0.1) is 0 Å². The Balaban J connectivity index is 2.40. The van der Waals surface area contributed by atoms with Gasteiger partial charge in [0, 0.05) is 12.1 Å². The number of benzene rings is 2. The summed E-state index contributed by atoms with van der Waals surface area (Å²) in [6.45, 7) is 0. The molecule has 0 aliphatic heterocycles. The molecule has 0 atom stereocenters. The minimum absolute atomic E-state index is 0.392. The lowest BCUT2D eigenvalue weighted by molar-refractivity contribution is 0.564. The SMILES string of the molecule is O=C=Nc1cccc([P+](=O)c2cccc(N=C=O)c2)c1. The van der Waals surface area contributed by atoms with Crippen molar-refractivity contribution >= 4 is 41.9 Å². The summed E-state index contributed by atoms with van der Waals surface area (Å²) in [6.07, 6.45) is 2.88. The number of hydrogen-bond donors (Lipinski definition) is 0. The summed E-state index contributed by atoms with van der Waals surface area (Å²) in [7, 11) is -1.85. The Morgan fingerprint density at radius 3 is 1.65 bits per heavy atom. The molecule has 0 N–H and O–H groups in total. The fraction of sp³-hybridized carbons (Fsp3) is 0. The third kappa shape index (κ3) is 3.19. The van der Waals surface area contributed by atoms with Crippen LogP contribution in [0.15, 0.2) is 58.5 Å². The normalized spacial score (nSPS) is 10.1. The highest BCUT2D eigenvalue weighted by Gasteiger charge is 2.24. The van der Waals surface area contributed by atoms with Crippen LogP contribution in [-0.2, 0) is 14.2 Å². The Labute approximate surface area is 115 Å². The van der Waals surface area contributed by atoms with Crippen molar-refractivity contribution in [3.8, 4) is 0 Å². The molecule has 6 heteroatoms. The molecule has 2 rings (SSSR count). The fourth-order valence-corrected chi connectivity index (χ4v) is 2.87. The van der Waals surface area contributed by atoms with Gasteiger partial charge in [-0.3, -0.25) is 0 Å². The highest BCUT2D eigenvalue weighted by molar-refractivity contribution is 7.61. The van der Waals surface area contributed by atoms with Crippen molar-refractivity contribution in [3.05, 3.63) is 48.5 Å². The van der Waals surface area contributed by atoms with Crippen molar-refractivity contribution in [1.29, 1.82) is 0 Å². The van der Waals surface area contributed by atoms with Gasteiger partial charge in [0.1, 0.15) is 0 Å². The van der Waals surface area contributed by atoms with Crippen LogP contribution < -0.4 is 10.6 Å². The van der Waals surface area contributed by atoms with Gasteiger partial charge in [-0.05, 0) is 24.3 Å². The van der Waals surface area contributed by atoms with Gasteiger partial charge in [0.2, 0.25) is 12.2 Å². The highest BCUT2D eigenvalue weighted by atomic mass is 31.1. The van der Waals surface area contributed by atoms with Crippen LogP contribution in [0.25, 0.3) is 0 Å². The van der Waals surface area contributed by atoms with Crippen LogP contribution >= 0.6 is 7.80 Å². The maximum absolute atomic E-state index is 12.4. The highest BCUT2D eigenvalue weighted by Crippen LogP contribution is 2.24. The van der Waals surface area contributed by atoms with E-state index < -0.39 is 7.80 Å². The predicted octanol–water partition coefficient (Wildman–Crippen LogP) is 2.40. The Kier molecular flexibility index (Phi) is 4.43. The zero-order valence-corrected chi connectivity index (χ0v) is 11.1. The molecule has 0 saturated carbocycles. The van der Waals surface area contributed by atoms with E-state index in [1.165, 1.54) is 12.2 Å². The number of nitrogens with zero attached hydrogens (tertiary/aromatic N) is 2. The van der Waals surface area contributed by atoms with E-state index in [1.54, 1.807) is 48.5 Å². The van der Waals surface area contributed by atoms with Crippen LogP contribution in [0.5, 0.6) is 0 Å². The number of carbonyl (C=O) groups excluding carboxylic acids is 2. The standard InChI is InChI=1S/C14H8N2O3P/c17-9-15-11-3-1-5-13(7-11)20(19)14-6-2-4-12(8-14)16-10-18/h1-8H/q+1. The van der Waals surface area contributed by atoms with Crippen molar-refractivity contribution in [1.82, 2.24) is 0 Å². The lowest BCUT2D eigenvalue weighted by Crippen LogP contribution is -2.05. The molecule has 20 heavy (non-hydrogen) atoms. The molecule has 0 bridgehead atoms. The largest absolute Gasteiger partial charge is 0.415 e. The predicted molar refractivity (Wildman–Crippen MR) is 75.3 cm³/mol. The molecule has 0 spiro atoms. The molecule has 0 aromatic heterocycles. The van der Waals surface area contributed by atoms with E-state index in [0.29, 0.717) is 22.0 Å². The monoisotopic (exact) mass is 283 g/mol. The van der Waals surface area contributed by atoms with Crippen LogP contribution in [0.4, 0.5) is 11.4 Å². The summed E-state index contributed by atoms with van der Waals surface area (Å²) >= 11 is 0. The summed E-state index contributed by atoms with van der Waals surface area (Å²) in [5.41, 5.74) is 0.783. The molecule has 0 heterocycles. The number of isocyanates is 2. The Morgan fingerprint density at radius 2 is 1.25 bits per heavy atom. The van der Waals surface area contributed by atoms with Gasteiger partial charge >= 0.3 is 7.80 Å². The molecular formula is C14H8N2O3P+. The van der Waals surface area contributed by atoms with Gasteiger partial charge in [0.25, 0.3) is 0 Å². The summed E-state index contributed by atoms with van der Waals surface area (Å²) in [6, 6.07) is 13.0. The third-order valence-corrected chi connectivity index (χ3v) is 3.97. The van der Waals surface area contributed by atoms with E-state index in [0.717, 1.165) is 0 Å². The van der Waals surface area contributed by atoms with E-state index in [2.05, 4.69) is 9.98 Å². The number of hydrogen-bond acceptors (Lipinski definition) is 5. The van der Waals surface area contributed by atoms with E-state index in [1.807, 2.05) is 0 Å². The smallest absolute Gasteiger partial charge is 0.211 e. The van der Waals surface area contributed by atoms with Gasteiger partial charge in [-0.1, -0.05) is 16.7 Å². The zero-order valence-electron chi connectivity index (χ0n) is 10.2. The maximum atomic E-state index is 12.4. The molecule has 0 unspecified atom stereocenters. The summed E-state index contributed by atoms with van der Waals surface area (Å²) in [5, 5.41) is 1.06. The molecule has 0 saturated heterocycles. The molecule has 0 radical (unpaired) electrons. The Bertz CT molecular complexity index is 697. The van der Waals surface area contributed by atoms with Crippen molar-refractivity contribution in [3.63, 3.8) is 0 Å². The average molecular weight is 283 g/mol. The van der Waals surface area contributed by atoms with Crippen LogP contribution in [0.1, 0.15) is 0 Å². The molecule has 0 amide bonds. The summed E-state index contributed by atoms with van der Waals surface area (Å²) in [4.78, 5) is 27.4. The van der Waals surface area contributed by atoms with E-state index in [4.69, 9.17) is 0 Å². The molecule has 5 nitrogen and oxygen atoms in total. The second kappa shape index (κ2) is 6.46. The molecule has 2 aromatic carbocycles. The lowest BCUT2D eigenvalue weighted by Gasteiger charge is -1.93. The molecule has 96 valence electrons. The van der Waals surface area contributed by atoms with Gasteiger partial charge in [0.05, 0.1) is 11.4 Å². The van der Waals surface area contributed by atoms with E-state index in [-0.39, 0.29) is 0 Å². The first-order valence-corrected chi connectivity index (χ1v) is 6.83. The van der Waals surface area contributed by atoms with Gasteiger partial charge < -0.3 is 0 Å². The first-order valence-electron chi connectivity index (χ1n) is 5.58. The second-order valence-electron chi connectivity index (χ2n) is 3.74. The average Bonchev–Trinajstić information content (AvgIpc) is 2.48. The first-order chi connectivity index (χ1) is 9.74. The molecule has 0 aliphatic rings. The van der Waals surface area contributed by atoms with Crippen molar-refractivity contribution in [2.75, 3.05) is 0 Å². The van der Waals surface area contributed by atoms with Crippen molar-refractivity contribution in [2.45, 2.75) is 0 Å². The second-order valence-corrected chi connectivity index (χ2v) is 5.36. The van der Waals surface area contributed by atoms with Crippen molar-refractivity contribution in [2.24, 2.45) is 9.98 Å². The third-order valence-electron chi connectivity index (χ3n) is 2.48. The lowest BCUT2D eigenvalue weighted by atomic mass is 10.3. The Morgan fingerprint density at radius 1 is 0.800 bits per heavy atom. The summed E-state index contributed by atoms with van der Waals surface area (Å²) in [5.74, 6) is 0. The van der Waals surface area contributed by atoms with Crippen LogP contribution in [-0.4, -0.2) is 12.2 Å². The number of aliphatic imine (C=N–C) groups is 2. The van der Waals surface area contributed by atoms with Gasteiger partial charge in [-0.2, -0.15) is 9.98 Å². The van der Waals surface area contributed by atoms with Gasteiger partial charge in [-0.25, -0.2) is 9.59 Å². The molecule has 0 fully saturated rings. The Hall–Kier alpha value is -2.70. The summed E-state index contributed by atoms with van der Waals surface area (Å²) < 4.78 is 12.4. The number of rotatable bonds is 4. The first kappa shape index (κ1) is 13.7. The quantitative estimate of drug-likeness (QED) is 0.491. The minimum atomic E-state index is -1.85. The van der Waals surface area contributed by atoms with Crippen LogP contribution in [0.3, 0.4) is 0 Å². The van der Waals surface area contributed by atoms with E-state index >= 15 is 0 Å². The van der Waals surface area contributed by atoms with Crippen molar-refractivity contribution < 1.29 is 14.2 Å². The molecular weight excluding hydrogens is 275 g/mol. The molecule has 0 aliphatic carbocycles. The molecule has 2 aromatic rings. The maximum Gasteiger partial charge on any atom is 0.415 e. The topological polar surface area (TPSA) is 75.9 Å².